The van der Waals surface area contributed by atoms with E-state index < -0.39 is 6.10 Å². The number of aromatic nitrogens is 3. The first-order valence-electron chi connectivity index (χ1n) is 5.50. The van der Waals surface area contributed by atoms with Crippen molar-refractivity contribution in [1.82, 2.24) is 14.8 Å². The van der Waals surface area contributed by atoms with Crippen molar-refractivity contribution in [3.05, 3.63) is 31.9 Å². The maximum absolute atomic E-state index is 10.2. The van der Waals surface area contributed by atoms with Gasteiger partial charge in [-0.3, -0.25) is 0 Å². The molecule has 2 rings (SSSR count). The largest absolute Gasteiger partial charge is 0.387 e. The predicted octanol–water partition coefficient (Wildman–Crippen LogP) is 3.61. The van der Waals surface area contributed by atoms with Crippen molar-refractivity contribution in [2.75, 3.05) is 0 Å². The molecule has 1 atom stereocenters. The Bertz CT molecular complexity index is 521. The van der Waals surface area contributed by atoms with Crippen molar-refractivity contribution < 1.29 is 5.11 Å². The zero-order valence-corrected chi connectivity index (χ0v) is 13.1. The first-order chi connectivity index (χ1) is 8.49. The average molecular weight is 351 g/mol. The lowest BCUT2D eigenvalue weighted by atomic mass is 10.2. The van der Waals surface area contributed by atoms with Gasteiger partial charge in [0.05, 0.1) is 6.10 Å². The van der Waals surface area contributed by atoms with Gasteiger partial charge in [0.1, 0.15) is 16.5 Å². The van der Waals surface area contributed by atoms with Crippen LogP contribution in [-0.2, 0) is 6.42 Å². The lowest BCUT2D eigenvalue weighted by molar-refractivity contribution is 0.177. The van der Waals surface area contributed by atoms with Crippen LogP contribution in [0, 0.1) is 0 Å². The molecule has 1 N–H and O–H groups in total. The van der Waals surface area contributed by atoms with Gasteiger partial charge in [-0.1, -0.05) is 11.6 Å². The lowest BCUT2D eigenvalue weighted by Gasteiger charge is -2.12. The molecule has 2 heterocycles. The smallest absolute Gasteiger partial charge is 0.138 e. The van der Waals surface area contributed by atoms with Gasteiger partial charge in [-0.15, -0.1) is 11.3 Å². The Labute approximate surface area is 123 Å². The van der Waals surface area contributed by atoms with E-state index in [1.165, 1.54) is 17.7 Å². The quantitative estimate of drug-likeness (QED) is 0.916. The number of hydrogen-bond donors (Lipinski definition) is 1. The van der Waals surface area contributed by atoms with E-state index in [2.05, 4.69) is 26.0 Å². The second-order valence-corrected chi connectivity index (χ2v) is 6.75. The molecular weight excluding hydrogens is 338 g/mol. The second kappa shape index (κ2) is 5.69. The van der Waals surface area contributed by atoms with Crippen LogP contribution in [0.2, 0.25) is 4.34 Å². The SMILES string of the molecule is CC(C)n1ncnc1CC(O)c1cc(Br)c(Cl)s1. The molecule has 98 valence electrons. The molecule has 18 heavy (non-hydrogen) atoms. The maximum atomic E-state index is 10.2. The molecule has 0 aromatic carbocycles. The molecule has 0 saturated heterocycles. The van der Waals surface area contributed by atoms with Gasteiger partial charge >= 0.3 is 0 Å². The van der Waals surface area contributed by atoms with E-state index in [4.69, 9.17) is 11.6 Å². The standard InChI is InChI=1S/C11H13BrClN3OS/c1-6(2)16-10(14-5-15-16)4-8(17)9-3-7(12)11(13)18-9/h3,5-6,8,17H,4H2,1-2H3. The van der Waals surface area contributed by atoms with E-state index in [9.17, 15) is 5.11 Å². The summed E-state index contributed by atoms with van der Waals surface area (Å²) in [5.74, 6) is 0.776. The summed E-state index contributed by atoms with van der Waals surface area (Å²) in [5.41, 5.74) is 0. The van der Waals surface area contributed by atoms with E-state index in [1.807, 2.05) is 24.6 Å². The molecule has 0 aliphatic rings. The molecule has 0 radical (unpaired) electrons. The molecule has 0 aliphatic heterocycles. The Hall–Kier alpha value is -0.430. The van der Waals surface area contributed by atoms with Crippen LogP contribution in [0.4, 0.5) is 0 Å². The van der Waals surface area contributed by atoms with Gasteiger partial charge in [-0.25, -0.2) is 9.67 Å². The minimum absolute atomic E-state index is 0.230. The lowest BCUT2D eigenvalue weighted by Crippen LogP contribution is -2.11. The zero-order chi connectivity index (χ0) is 13.3. The van der Waals surface area contributed by atoms with Gasteiger partial charge in [0, 0.05) is 21.8 Å². The second-order valence-electron chi connectivity index (χ2n) is 4.20. The first kappa shape index (κ1) is 14.0. The molecule has 0 aliphatic carbocycles. The molecule has 0 fully saturated rings. The molecule has 0 amide bonds. The van der Waals surface area contributed by atoms with Gasteiger partial charge in [0.2, 0.25) is 0 Å². The van der Waals surface area contributed by atoms with Crippen molar-refractivity contribution in [2.45, 2.75) is 32.4 Å². The van der Waals surface area contributed by atoms with E-state index in [1.54, 1.807) is 0 Å². The third-order valence-electron chi connectivity index (χ3n) is 2.50. The van der Waals surface area contributed by atoms with Crippen LogP contribution in [-0.4, -0.2) is 19.9 Å². The highest BCUT2D eigenvalue weighted by Crippen LogP contribution is 2.36. The van der Waals surface area contributed by atoms with Crippen LogP contribution in [0.3, 0.4) is 0 Å². The minimum Gasteiger partial charge on any atom is -0.387 e. The Morgan fingerprint density at radius 2 is 2.28 bits per heavy atom. The number of hydrogen-bond acceptors (Lipinski definition) is 4. The molecule has 0 spiro atoms. The molecule has 7 heteroatoms. The van der Waals surface area contributed by atoms with Gasteiger partial charge in [0.25, 0.3) is 0 Å². The topological polar surface area (TPSA) is 50.9 Å². The van der Waals surface area contributed by atoms with E-state index in [0.717, 1.165) is 15.2 Å². The molecule has 0 saturated carbocycles. The van der Waals surface area contributed by atoms with E-state index in [-0.39, 0.29) is 6.04 Å². The van der Waals surface area contributed by atoms with Crippen LogP contribution < -0.4 is 0 Å². The summed E-state index contributed by atoms with van der Waals surface area (Å²) in [5, 5.41) is 14.3. The fourth-order valence-corrected chi connectivity index (χ4v) is 3.37. The monoisotopic (exact) mass is 349 g/mol. The summed E-state index contributed by atoms with van der Waals surface area (Å²) >= 11 is 10.7. The fraction of sp³-hybridized carbons (Fsp3) is 0.455. The summed E-state index contributed by atoms with van der Waals surface area (Å²) in [6, 6.07) is 2.07. The molecule has 4 nitrogen and oxygen atoms in total. The maximum Gasteiger partial charge on any atom is 0.138 e. The van der Waals surface area contributed by atoms with Crippen molar-refractivity contribution in [1.29, 1.82) is 0 Å². The normalized spacial score (nSPS) is 13.2. The van der Waals surface area contributed by atoms with Crippen LogP contribution in [0.25, 0.3) is 0 Å². The van der Waals surface area contributed by atoms with Crippen LogP contribution >= 0.6 is 38.9 Å². The molecule has 2 aromatic heterocycles. The van der Waals surface area contributed by atoms with Gasteiger partial charge < -0.3 is 5.11 Å². The number of halogens is 2. The van der Waals surface area contributed by atoms with E-state index >= 15 is 0 Å². The highest BCUT2D eigenvalue weighted by atomic mass is 79.9. The fourth-order valence-electron chi connectivity index (χ4n) is 1.65. The minimum atomic E-state index is -0.611. The molecule has 0 bridgehead atoms. The molecule has 1 unspecified atom stereocenters. The summed E-state index contributed by atoms with van der Waals surface area (Å²) in [4.78, 5) is 5.01. The third kappa shape index (κ3) is 2.93. The Kier molecular flexibility index (Phi) is 4.42. The predicted molar refractivity (Wildman–Crippen MR) is 76.1 cm³/mol. The molecular formula is C11H13BrClN3OS. The van der Waals surface area contributed by atoms with E-state index in [0.29, 0.717) is 10.8 Å². The van der Waals surface area contributed by atoms with Crippen LogP contribution in [0.5, 0.6) is 0 Å². The number of aliphatic hydroxyl groups excluding tert-OH is 1. The summed E-state index contributed by atoms with van der Waals surface area (Å²) in [6.45, 7) is 4.06. The number of rotatable bonds is 4. The Balaban J connectivity index is 2.16. The summed E-state index contributed by atoms with van der Waals surface area (Å²) in [7, 11) is 0. The highest BCUT2D eigenvalue weighted by molar-refractivity contribution is 9.10. The third-order valence-corrected chi connectivity index (χ3v) is 5.08. The number of nitrogens with zero attached hydrogens (tertiary/aromatic N) is 3. The van der Waals surface area contributed by atoms with Crippen LogP contribution in [0.15, 0.2) is 16.9 Å². The first-order valence-corrected chi connectivity index (χ1v) is 7.49. The van der Waals surface area contributed by atoms with Gasteiger partial charge in [0.15, 0.2) is 0 Å². The van der Waals surface area contributed by atoms with Crippen LogP contribution in [0.1, 0.15) is 36.7 Å². The van der Waals surface area contributed by atoms with Gasteiger partial charge in [-0.2, -0.15) is 5.10 Å². The van der Waals surface area contributed by atoms with Gasteiger partial charge in [-0.05, 0) is 35.8 Å². The van der Waals surface area contributed by atoms with Crippen molar-refractivity contribution >= 4 is 38.9 Å². The zero-order valence-electron chi connectivity index (χ0n) is 9.97. The van der Waals surface area contributed by atoms with Crippen molar-refractivity contribution in [2.24, 2.45) is 0 Å². The average Bonchev–Trinajstić information content (AvgIpc) is 2.87. The summed E-state index contributed by atoms with van der Waals surface area (Å²) in [6.07, 6.45) is 1.33. The van der Waals surface area contributed by atoms with Crippen molar-refractivity contribution in [3.63, 3.8) is 0 Å². The molecule has 2 aromatic rings. The Morgan fingerprint density at radius 3 is 2.83 bits per heavy atom. The highest BCUT2D eigenvalue weighted by Gasteiger charge is 2.17. The Morgan fingerprint density at radius 1 is 1.56 bits per heavy atom. The summed E-state index contributed by atoms with van der Waals surface area (Å²) < 4.78 is 3.27. The number of aliphatic hydroxyl groups is 1. The van der Waals surface area contributed by atoms with Crippen molar-refractivity contribution in [3.8, 4) is 0 Å². The number of thiophene rings is 1.